The van der Waals surface area contributed by atoms with Gasteiger partial charge in [0.05, 0.1) is 0 Å². The molecule has 0 radical (unpaired) electrons. The maximum absolute atomic E-state index is 13.7. The van der Waals surface area contributed by atoms with E-state index >= 15 is 0 Å². The van der Waals surface area contributed by atoms with E-state index in [0.29, 0.717) is 16.2 Å². The van der Waals surface area contributed by atoms with Gasteiger partial charge in [-0.1, -0.05) is 35.9 Å². The molecule has 1 heterocycles. The van der Waals surface area contributed by atoms with Gasteiger partial charge in [-0.15, -0.1) is 0 Å². The molecule has 0 fully saturated rings. The van der Waals surface area contributed by atoms with Crippen molar-refractivity contribution in [3.63, 3.8) is 0 Å². The van der Waals surface area contributed by atoms with Crippen LogP contribution >= 0.6 is 11.6 Å². The normalized spacial score (nSPS) is 12.8. The lowest BCUT2D eigenvalue weighted by atomic mass is 9.99. The van der Waals surface area contributed by atoms with E-state index in [-0.39, 0.29) is 5.58 Å². The van der Waals surface area contributed by atoms with Gasteiger partial charge < -0.3 is 4.42 Å². The van der Waals surface area contributed by atoms with Gasteiger partial charge in [-0.2, -0.15) is 0 Å². The third-order valence-corrected chi connectivity index (χ3v) is 4.00. The first-order valence-electron chi connectivity index (χ1n) is 6.51. The summed E-state index contributed by atoms with van der Waals surface area (Å²) in [6, 6.07) is 11.8. The Morgan fingerprint density at radius 2 is 2.00 bits per heavy atom. The van der Waals surface area contributed by atoms with Crippen LogP contribution in [-0.2, 0) is 0 Å². The van der Waals surface area contributed by atoms with Gasteiger partial charge in [0.15, 0.2) is 11.4 Å². The molecular formula is C16H14ClFN2O. The minimum atomic E-state index is -0.393. The van der Waals surface area contributed by atoms with Gasteiger partial charge in [-0.25, -0.2) is 9.82 Å². The Balaban J connectivity index is 2.14. The maximum Gasteiger partial charge on any atom is 0.169 e. The number of hydrogen-bond donors (Lipinski definition) is 2. The molecule has 0 aliphatic rings. The molecule has 1 aromatic heterocycles. The molecule has 0 spiro atoms. The number of para-hydroxylation sites is 1. The van der Waals surface area contributed by atoms with E-state index in [1.165, 1.54) is 6.07 Å². The van der Waals surface area contributed by atoms with Gasteiger partial charge >= 0.3 is 0 Å². The van der Waals surface area contributed by atoms with Gasteiger partial charge in [0.2, 0.25) is 0 Å². The fraction of sp³-hybridized carbons (Fsp3) is 0.125. The maximum atomic E-state index is 13.7. The van der Waals surface area contributed by atoms with Crippen LogP contribution in [0.2, 0.25) is 5.02 Å². The molecule has 0 saturated carbocycles. The highest BCUT2D eigenvalue weighted by Crippen LogP contribution is 2.32. The number of fused-ring (bicyclic) bond motifs is 1. The van der Waals surface area contributed by atoms with Crippen molar-refractivity contribution < 1.29 is 8.81 Å². The van der Waals surface area contributed by atoms with Crippen molar-refractivity contribution in [1.82, 2.24) is 5.43 Å². The minimum absolute atomic E-state index is 0.229. The molecule has 1 atom stereocenters. The van der Waals surface area contributed by atoms with Crippen LogP contribution in [0.3, 0.4) is 0 Å². The highest BCUT2D eigenvalue weighted by Gasteiger charge is 2.20. The number of nitrogens with two attached hydrogens (primary N) is 1. The highest BCUT2D eigenvalue weighted by atomic mass is 35.5. The standard InChI is InChI=1S/C16H14ClFN2O/c1-9-11(5-3-6-12(9)17)15(20-19)14-8-10-4-2-7-13(18)16(10)21-14/h2-8,15,20H,19H2,1H3. The molecule has 3 nitrogen and oxygen atoms in total. The van der Waals surface area contributed by atoms with Crippen molar-refractivity contribution in [2.75, 3.05) is 0 Å². The molecular weight excluding hydrogens is 291 g/mol. The number of hydrogen-bond acceptors (Lipinski definition) is 3. The molecule has 3 aromatic rings. The van der Waals surface area contributed by atoms with E-state index < -0.39 is 11.9 Å². The Hall–Kier alpha value is -1.88. The number of hydrazine groups is 1. The molecule has 5 heteroatoms. The topological polar surface area (TPSA) is 51.2 Å². The SMILES string of the molecule is Cc1c(Cl)cccc1C(NN)c1cc2cccc(F)c2o1. The third-order valence-electron chi connectivity index (χ3n) is 3.59. The average molecular weight is 305 g/mol. The van der Waals surface area contributed by atoms with Crippen molar-refractivity contribution in [1.29, 1.82) is 0 Å². The monoisotopic (exact) mass is 304 g/mol. The zero-order chi connectivity index (χ0) is 15.0. The molecule has 0 bridgehead atoms. The minimum Gasteiger partial charge on any atom is -0.456 e. The second-order valence-electron chi connectivity index (χ2n) is 4.86. The van der Waals surface area contributed by atoms with Crippen LogP contribution in [0.1, 0.15) is 22.9 Å². The van der Waals surface area contributed by atoms with Crippen LogP contribution in [0.15, 0.2) is 46.9 Å². The fourth-order valence-electron chi connectivity index (χ4n) is 2.45. The number of benzene rings is 2. The quantitative estimate of drug-likeness (QED) is 0.566. The number of rotatable bonds is 3. The van der Waals surface area contributed by atoms with Gasteiger partial charge in [0.1, 0.15) is 11.8 Å². The fourth-order valence-corrected chi connectivity index (χ4v) is 2.63. The molecule has 21 heavy (non-hydrogen) atoms. The molecule has 1 unspecified atom stereocenters. The van der Waals surface area contributed by atoms with Gasteiger partial charge in [-0.05, 0) is 36.2 Å². The highest BCUT2D eigenvalue weighted by molar-refractivity contribution is 6.31. The van der Waals surface area contributed by atoms with Crippen LogP contribution < -0.4 is 11.3 Å². The average Bonchev–Trinajstić information content (AvgIpc) is 2.89. The molecule has 3 N–H and O–H groups in total. The van der Waals surface area contributed by atoms with Crippen LogP contribution in [0.5, 0.6) is 0 Å². The third kappa shape index (κ3) is 2.42. The van der Waals surface area contributed by atoms with E-state index in [1.807, 2.05) is 25.1 Å². The molecule has 0 aliphatic heterocycles. The Kier molecular flexibility index (Phi) is 3.68. The van der Waals surface area contributed by atoms with Crippen molar-refractivity contribution >= 4 is 22.6 Å². The van der Waals surface area contributed by atoms with Crippen molar-refractivity contribution in [2.24, 2.45) is 5.84 Å². The predicted molar refractivity (Wildman–Crippen MR) is 81.5 cm³/mol. The Morgan fingerprint density at radius 3 is 2.71 bits per heavy atom. The molecule has 0 amide bonds. The van der Waals surface area contributed by atoms with E-state index in [9.17, 15) is 4.39 Å². The van der Waals surface area contributed by atoms with Crippen molar-refractivity contribution in [3.8, 4) is 0 Å². The molecule has 0 saturated heterocycles. The second-order valence-corrected chi connectivity index (χ2v) is 5.27. The van der Waals surface area contributed by atoms with Crippen molar-refractivity contribution in [3.05, 3.63) is 70.2 Å². The largest absolute Gasteiger partial charge is 0.456 e. The van der Waals surface area contributed by atoms with E-state index in [2.05, 4.69) is 5.43 Å². The summed E-state index contributed by atoms with van der Waals surface area (Å²) in [6.45, 7) is 1.91. The first kappa shape index (κ1) is 14.1. The number of halogens is 2. The lowest BCUT2D eigenvalue weighted by Gasteiger charge is -2.17. The van der Waals surface area contributed by atoms with Gasteiger partial charge in [0, 0.05) is 10.4 Å². The Labute approximate surface area is 126 Å². The van der Waals surface area contributed by atoms with Gasteiger partial charge in [0.25, 0.3) is 0 Å². The summed E-state index contributed by atoms with van der Waals surface area (Å²) in [7, 11) is 0. The zero-order valence-corrected chi connectivity index (χ0v) is 12.1. The summed E-state index contributed by atoms with van der Waals surface area (Å²) < 4.78 is 19.4. The Morgan fingerprint density at radius 1 is 1.24 bits per heavy atom. The zero-order valence-electron chi connectivity index (χ0n) is 11.4. The first-order valence-corrected chi connectivity index (χ1v) is 6.88. The Bertz CT molecular complexity index is 800. The predicted octanol–water partition coefficient (Wildman–Crippen LogP) is 4.09. The lowest BCUT2D eigenvalue weighted by molar-refractivity contribution is 0.464. The second kappa shape index (κ2) is 5.48. The number of nitrogens with one attached hydrogen (secondary N) is 1. The molecule has 0 aliphatic carbocycles. The van der Waals surface area contributed by atoms with E-state index in [4.69, 9.17) is 21.9 Å². The molecule has 108 valence electrons. The number of furan rings is 1. The van der Waals surface area contributed by atoms with Crippen LogP contribution in [-0.4, -0.2) is 0 Å². The lowest BCUT2D eigenvalue weighted by Crippen LogP contribution is -2.29. The first-order chi connectivity index (χ1) is 10.1. The summed E-state index contributed by atoms with van der Waals surface area (Å²) in [5.41, 5.74) is 4.74. The summed E-state index contributed by atoms with van der Waals surface area (Å²) in [6.07, 6.45) is 0. The summed E-state index contributed by atoms with van der Waals surface area (Å²) in [5.74, 6) is 5.82. The van der Waals surface area contributed by atoms with Crippen LogP contribution in [0.25, 0.3) is 11.0 Å². The van der Waals surface area contributed by atoms with E-state index in [1.54, 1.807) is 18.2 Å². The van der Waals surface area contributed by atoms with Crippen LogP contribution in [0.4, 0.5) is 4.39 Å². The van der Waals surface area contributed by atoms with Crippen molar-refractivity contribution in [2.45, 2.75) is 13.0 Å². The van der Waals surface area contributed by atoms with E-state index in [0.717, 1.165) is 11.1 Å². The summed E-state index contributed by atoms with van der Waals surface area (Å²) in [5, 5.41) is 1.35. The molecule has 3 rings (SSSR count). The molecule has 2 aromatic carbocycles. The van der Waals surface area contributed by atoms with Gasteiger partial charge in [-0.3, -0.25) is 5.84 Å². The smallest absolute Gasteiger partial charge is 0.169 e. The summed E-state index contributed by atoms with van der Waals surface area (Å²) in [4.78, 5) is 0. The summed E-state index contributed by atoms with van der Waals surface area (Å²) >= 11 is 6.15. The van der Waals surface area contributed by atoms with Crippen LogP contribution in [0, 0.1) is 12.7 Å².